The molecule has 0 spiro atoms. The molecule has 4 amide bonds. The number of nitrogens with zero attached hydrogens (tertiary/aromatic N) is 3. The van der Waals surface area contributed by atoms with Crippen molar-refractivity contribution < 1.29 is 14.4 Å². The van der Waals surface area contributed by atoms with E-state index in [2.05, 4.69) is 0 Å². The first-order valence-corrected chi connectivity index (χ1v) is 9.69. The van der Waals surface area contributed by atoms with Crippen LogP contribution in [0.5, 0.6) is 0 Å². The van der Waals surface area contributed by atoms with Gasteiger partial charge in [0.1, 0.15) is 0 Å². The molecule has 0 radical (unpaired) electrons. The highest BCUT2D eigenvalue weighted by Crippen LogP contribution is 2.31. The highest BCUT2D eigenvalue weighted by molar-refractivity contribution is 7.16. The monoisotopic (exact) mass is 383 g/mol. The van der Waals surface area contributed by atoms with Crippen LogP contribution in [0.4, 0.5) is 4.79 Å². The molecule has 6 nitrogen and oxygen atoms in total. The van der Waals surface area contributed by atoms with Gasteiger partial charge in [-0.15, -0.1) is 11.3 Å². The minimum atomic E-state index is -0.723. The molecule has 1 aliphatic carbocycles. The zero-order valence-corrected chi connectivity index (χ0v) is 16.0. The summed E-state index contributed by atoms with van der Waals surface area (Å²) in [6.07, 6.45) is 3.86. The number of halogens is 1. The largest absolute Gasteiger partial charge is 0.335 e. The molecule has 1 aromatic rings. The van der Waals surface area contributed by atoms with Crippen molar-refractivity contribution in [1.29, 1.82) is 0 Å². The lowest BCUT2D eigenvalue weighted by molar-refractivity contribution is -0.145. The van der Waals surface area contributed by atoms with E-state index in [1.165, 1.54) is 16.2 Å². The van der Waals surface area contributed by atoms with Gasteiger partial charge in [-0.25, -0.2) is 9.69 Å². The van der Waals surface area contributed by atoms with E-state index in [1.807, 2.05) is 31.0 Å². The summed E-state index contributed by atoms with van der Waals surface area (Å²) in [6.45, 7) is 2.70. The van der Waals surface area contributed by atoms with Gasteiger partial charge in [0.05, 0.1) is 11.0 Å². The van der Waals surface area contributed by atoms with E-state index >= 15 is 0 Å². The first kappa shape index (κ1) is 18.4. The molecule has 0 bridgehead atoms. The summed E-state index contributed by atoms with van der Waals surface area (Å²) in [5, 5.41) is 0. The maximum absolute atomic E-state index is 12.7. The highest BCUT2D eigenvalue weighted by Gasteiger charge is 2.49. The number of carbonyl (C=O) groups is 3. The number of hydrogen-bond donors (Lipinski definition) is 0. The van der Waals surface area contributed by atoms with Crippen LogP contribution in [0.3, 0.4) is 0 Å². The molecular weight excluding hydrogens is 362 g/mol. The zero-order chi connectivity index (χ0) is 18.1. The molecule has 1 saturated carbocycles. The molecule has 136 valence electrons. The van der Waals surface area contributed by atoms with Crippen LogP contribution in [0.2, 0.25) is 4.34 Å². The molecule has 3 rings (SSSR count). The first-order valence-electron chi connectivity index (χ1n) is 8.50. The summed E-state index contributed by atoms with van der Waals surface area (Å²) in [4.78, 5) is 42.6. The van der Waals surface area contributed by atoms with Crippen molar-refractivity contribution in [1.82, 2.24) is 14.7 Å². The summed E-state index contributed by atoms with van der Waals surface area (Å²) in [5.74, 6) is -1.17. The predicted octanol–water partition coefficient (Wildman–Crippen LogP) is 3.16. The third-order valence-corrected chi connectivity index (χ3v) is 6.14. The van der Waals surface area contributed by atoms with Crippen LogP contribution in [0.15, 0.2) is 12.1 Å². The summed E-state index contributed by atoms with van der Waals surface area (Å²) in [7, 11) is 1.81. The lowest BCUT2D eigenvalue weighted by Gasteiger charge is -2.34. The fraction of sp³-hybridized carbons (Fsp3) is 0.588. The van der Waals surface area contributed by atoms with Crippen LogP contribution in [-0.2, 0) is 16.1 Å². The Bertz CT molecular complexity index is 692. The summed E-state index contributed by atoms with van der Waals surface area (Å²) >= 11 is 7.39. The molecule has 1 saturated heterocycles. The summed E-state index contributed by atoms with van der Waals surface area (Å²) in [6, 6.07) is 3.09. The number of rotatable bonds is 5. The number of carbonyl (C=O) groups excluding carboxylic acids is 3. The first-order chi connectivity index (χ1) is 11.9. The standard InChI is InChI=1S/C17H22ClN3O3S/c1-11-5-3-4-6-13(11)21-16(23)15(22)20(17(21)24)10-19(2)9-12-7-8-14(18)25-12/h7-8,11,13H,3-6,9-10H2,1-2H3. The van der Waals surface area contributed by atoms with Gasteiger partial charge in [0.15, 0.2) is 0 Å². The topological polar surface area (TPSA) is 60.9 Å². The molecule has 2 fully saturated rings. The number of imide groups is 2. The minimum Gasteiger partial charge on any atom is -0.283 e. The van der Waals surface area contributed by atoms with Crippen molar-refractivity contribution in [2.24, 2.45) is 5.92 Å². The van der Waals surface area contributed by atoms with Crippen molar-refractivity contribution in [2.75, 3.05) is 13.7 Å². The Morgan fingerprint density at radius 1 is 1.20 bits per heavy atom. The number of urea groups is 1. The second-order valence-corrected chi connectivity index (χ2v) is 8.68. The lowest BCUT2D eigenvalue weighted by Crippen LogP contribution is -2.46. The predicted molar refractivity (Wildman–Crippen MR) is 96.2 cm³/mol. The average molecular weight is 384 g/mol. The van der Waals surface area contributed by atoms with Crippen LogP contribution in [0, 0.1) is 5.92 Å². The van der Waals surface area contributed by atoms with Gasteiger partial charge in [-0.2, -0.15) is 0 Å². The Labute approximate surface area is 156 Å². The third-order valence-electron chi connectivity index (χ3n) is 4.92. The Kier molecular flexibility index (Phi) is 5.46. The van der Waals surface area contributed by atoms with Crippen LogP contribution >= 0.6 is 22.9 Å². The van der Waals surface area contributed by atoms with E-state index in [9.17, 15) is 14.4 Å². The number of amides is 4. The molecule has 2 aliphatic rings. The SMILES string of the molecule is CC1CCCCC1N1C(=O)C(=O)N(CN(C)Cc2ccc(Cl)s2)C1=O. The van der Waals surface area contributed by atoms with Gasteiger partial charge in [-0.1, -0.05) is 31.4 Å². The summed E-state index contributed by atoms with van der Waals surface area (Å²) in [5.41, 5.74) is 0. The van der Waals surface area contributed by atoms with Crippen LogP contribution in [0.25, 0.3) is 0 Å². The fourth-order valence-electron chi connectivity index (χ4n) is 3.61. The lowest BCUT2D eigenvalue weighted by atomic mass is 9.85. The van der Waals surface area contributed by atoms with E-state index in [0.29, 0.717) is 10.9 Å². The van der Waals surface area contributed by atoms with Gasteiger partial charge >= 0.3 is 17.8 Å². The van der Waals surface area contributed by atoms with E-state index < -0.39 is 17.8 Å². The van der Waals surface area contributed by atoms with Crippen LogP contribution in [-0.4, -0.2) is 52.3 Å². The molecule has 8 heteroatoms. The molecule has 1 aliphatic heterocycles. The normalized spacial score (nSPS) is 24.7. The second kappa shape index (κ2) is 7.43. The highest BCUT2D eigenvalue weighted by atomic mass is 35.5. The van der Waals surface area contributed by atoms with Gasteiger partial charge in [-0.05, 0) is 37.9 Å². The van der Waals surface area contributed by atoms with Crippen molar-refractivity contribution >= 4 is 40.8 Å². The number of thiophene rings is 1. The third kappa shape index (κ3) is 3.73. The maximum atomic E-state index is 12.7. The Morgan fingerprint density at radius 3 is 2.56 bits per heavy atom. The molecular formula is C17H22ClN3O3S. The fourth-order valence-corrected chi connectivity index (χ4v) is 4.78. The summed E-state index contributed by atoms with van der Waals surface area (Å²) < 4.78 is 0.698. The van der Waals surface area contributed by atoms with Crippen LogP contribution in [0.1, 0.15) is 37.5 Å². The Hall–Kier alpha value is -1.44. The minimum absolute atomic E-state index is 0.0938. The zero-order valence-electron chi connectivity index (χ0n) is 14.4. The van der Waals surface area contributed by atoms with Gasteiger partial charge in [0.25, 0.3) is 0 Å². The number of hydrogen-bond acceptors (Lipinski definition) is 5. The van der Waals surface area contributed by atoms with Crippen molar-refractivity contribution in [3.05, 3.63) is 21.3 Å². The molecule has 2 unspecified atom stereocenters. The maximum Gasteiger partial charge on any atom is 0.335 e. The van der Waals surface area contributed by atoms with Gasteiger partial charge < -0.3 is 0 Å². The second-order valence-electron chi connectivity index (χ2n) is 6.88. The van der Waals surface area contributed by atoms with E-state index in [0.717, 1.165) is 35.5 Å². The quantitative estimate of drug-likeness (QED) is 0.578. The van der Waals surface area contributed by atoms with Crippen molar-refractivity contribution in [2.45, 2.75) is 45.2 Å². The van der Waals surface area contributed by atoms with E-state index in [1.54, 1.807) is 0 Å². The van der Waals surface area contributed by atoms with Gasteiger partial charge in [0.2, 0.25) is 0 Å². The Balaban J connectivity index is 1.68. The Morgan fingerprint density at radius 2 is 1.92 bits per heavy atom. The average Bonchev–Trinajstić information content (AvgIpc) is 3.06. The molecule has 0 aromatic carbocycles. The van der Waals surface area contributed by atoms with Gasteiger partial charge in [-0.3, -0.25) is 19.4 Å². The van der Waals surface area contributed by atoms with Crippen molar-refractivity contribution in [3.8, 4) is 0 Å². The van der Waals surface area contributed by atoms with E-state index in [4.69, 9.17) is 11.6 Å². The molecule has 2 heterocycles. The van der Waals surface area contributed by atoms with Crippen LogP contribution < -0.4 is 0 Å². The van der Waals surface area contributed by atoms with E-state index in [-0.39, 0.29) is 18.6 Å². The molecule has 2 atom stereocenters. The molecule has 25 heavy (non-hydrogen) atoms. The molecule has 1 aromatic heterocycles. The molecule has 0 N–H and O–H groups in total. The smallest absolute Gasteiger partial charge is 0.283 e. The van der Waals surface area contributed by atoms with Crippen molar-refractivity contribution in [3.63, 3.8) is 0 Å². The van der Waals surface area contributed by atoms with Gasteiger partial charge in [0, 0.05) is 17.5 Å².